The summed E-state index contributed by atoms with van der Waals surface area (Å²) in [7, 11) is 0. The van der Waals surface area contributed by atoms with Gasteiger partial charge in [0.25, 0.3) is 0 Å². The predicted octanol–water partition coefficient (Wildman–Crippen LogP) is 3.39. The summed E-state index contributed by atoms with van der Waals surface area (Å²) in [5.41, 5.74) is 1.18. The molecular formula is C12H14ClNO2. The zero-order valence-electron chi connectivity index (χ0n) is 9.09. The van der Waals surface area contributed by atoms with Crippen LogP contribution in [-0.2, 0) is 0 Å². The van der Waals surface area contributed by atoms with Gasteiger partial charge in [-0.1, -0.05) is 11.6 Å². The normalized spacial score (nSPS) is 17.6. The minimum Gasteiger partial charge on any atom is -0.478 e. The average molecular weight is 240 g/mol. The third-order valence-electron chi connectivity index (χ3n) is 3.10. The molecule has 4 heteroatoms. The zero-order chi connectivity index (χ0) is 11.8. The molecule has 1 aliphatic carbocycles. The van der Waals surface area contributed by atoms with Crippen LogP contribution in [0.25, 0.3) is 0 Å². The number of hydrogen-bond acceptors (Lipinski definition) is 2. The number of rotatable bonds is 3. The van der Waals surface area contributed by atoms with Crippen molar-refractivity contribution < 1.29 is 9.90 Å². The number of carboxylic acids is 1. The first-order valence-electron chi connectivity index (χ1n) is 5.31. The summed E-state index contributed by atoms with van der Waals surface area (Å²) in [6, 6.07) is 4.97. The van der Waals surface area contributed by atoms with Gasteiger partial charge in [-0.15, -0.1) is 0 Å². The Kier molecular flexibility index (Phi) is 2.80. The van der Waals surface area contributed by atoms with E-state index < -0.39 is 5.97 Å². The van der Waals surface area contributed by atoms with Crippen molar-refractivity contribution in [2.45, 2.75) is 31.7 Å². The highest BCUT2D eigenvalue weighted by Crippen LogP contribution is 2.35. The Morgan fingerprint density at radius 2 is 2.19 bits per heavy atom. The third kappa shape index (κ3) is 2.14. The van der Waals surface area contributed by atoms with Crippen LogP contribution in [0.1, 0.15) is 36.5 Å². The van der Waals surface area contributed by atoms with E-state index in [2.05, 4.69) is 12.2 Å². The summed E-state index contributed by atoms with van der Waals surface area (Å²) < 4.78 is 0. The van der Waals surface area contributed by atoms with Crippen molar-refractivity contribution in [3.63, 3.8) is 0 Å². The Balaban J connectivity index is 2.18. The molecule has 0 amide bonds. The van der Waals surface area contributed by atoms with Gasteiger partial charge in [0.15, 0.2) is 0 Å². The van der Waals surface area contributed by atoms with Gasteiger partial charge in [-0.25, -0.2) is 4.79 Å². The van der Waals surface area contributed by atoms with Gasteiger partial charge < -0.3 is 10.4 Å². The molecule has 0 spiro atoms. The van der Waals surface area contributed by atoms with Gasteiger partial charge in [-0.3, -0.25) is 0 Å². The molecule has 0 bridgehead atoms. The van der Waals surface area contributed by atoms with E-state index >= 15 is 0 Å². The standard InChI is InChI=1S/C12H14ClNO2/c1-12(5-2-6-12)14-8-3-4-9(11(15)16)10(13)7-8/h3-4,7,14H,2,5-6H2,1H3,(H,15,16). The molecule has 0 saturated heterocycles. The van der Waals surface area contributed by atoms with E-state index in [0.717, 1.165) is 18.5 Å². The Hall–Kier alpha value is -1.22. The molecule has 1 saturated carbocycles. The van der Waals surface area contributed by atoms with Gasteiger partial charge in [-0.2, -0.15) is 0 Å². The first kappa shape index (κ1) is 11.3. The second-order valence-corrected chi connectivity index (χ2v) is 4.95. The van der Waals surface area contributed by atoms with E-state index in [-0.39, 0.29) is 16.1 Å². The number of carbonyl (C=O) groups is 1. The van der Waals surface area contributed by atoms with E-state index in [1.807, 2.05) is 0 Å². The molecule has 0 aromatic heterocycles. The molecule has 2 N–H and O–H groups in total. The fourth-order valence-electron chi connectivity index (χ4n) is 1.95. The fourth-order valence-corrected chi connectivity index (χ4v) is 2.21. The number of carboxylic acid groups (broad SMARTS) is 1. The first-order valence-corrected chi connectivity index (χ1v) is 5.69. The van der Waals surface area contributed by atoms with Gasteiger partial charge in [0, 0.05) is 11.2 Å². The monoisotopic (exact) mass is 239 g/mol. The van der Waals surface area contributed by atoms with Crippen LogP contribution in [-0.4, -0.2) is 16.6 Å². The summed E-state index contributed by atoms with van der Waals surface area (Å²) in [6.07, 6.45) is 3.53. The summed E-state index contributed by atoms with van der Waals surface area (Å²) in [6.45, 7) is 2.16. The number of halogens is 1. The van der Waals surface area contributed by atoms with Crippen molar-refractivity contribution in [3.8, 4) is 0 Å². The maximum atomic E-state index is 10.8. The van der Waals surface area contributed by atoms with Crippen molar-refractivity contribution in [2.24, 2.45) is 0 Å². The van der Waals surface area contributed by atoms with E-state index in [1.165, 1.54) is 12.5 Å². The Bertz CT molecular complexity index is 427. The quantitative estimate of drug-likeness (QED) is 0.850. The molecule has 0 aliphatic heterocycles. The molecule has 2 rings (SSSR count). The maximum absolute atomic E-state index is 10.8. The van der Waals surface area contributed by atoms with Gasteiger partial charge in [0.05, 0.1) is 10.6 Å². The minimum absolute atomic E-state index is 0.144. The highest BCUT2D eigenvalue weighted by Gasteiger charge is 2.31. The van der Waals surface area contributed by atoms with E-state index in [4.69, 9.17) is 16.7 Å². The summed E-state index contributed by atoms with van der Waals surface area (Å²) in [4.78, 5) is 10.8. The van der Waals surface area contributed by atoms with Crippen LogP contribution >= 0.6 is 11.6 Å². The predicted molar refractivity (Wildman–Crippen MR) is 64.3 cm³/mol. The molecular weight excluding hydrogens is 226 g/mol. The third-order valence-corrected chi connectivity index (χ3v) is 3.42. The highest BCUT2D eigenvalue weighted by molar-refractivity contribution is 6.33. The van der Waals surface area contributed by atoms with Crippen LogP contribution in [0.15, 0.2) is 18.2 Å². The molecule has 1 aliphatic rings. The van der Waals surface area contributed by atoms with Crippen LogP contribution in [0.4, 0.5) is 5.69 Å². The largest absolute Gasteiger partial charge is 0.478 e. The van der Waals surface area contributed by atoms with E-state index in [0.29, 0.717) is 0 Å². The lowest BCUT2D eigenvalue weighted by atomic mass is 9.78. The lowest BCUT2D eigenvalue weighted by Crippen LogP contribution is -2.41. The summed E-state index contributed by atoms with van der Waals surface area (Å²) in [5, 5.41) is 12.5. The molecule has 0 unspecified atom stereocenters. The van der Waals surface area contributed by atoms with Crippen LogP contribution in [0.2, 0.25) is 5.02 Å². The van der Waals surface area contributed by atoms with Crippen molar-refractivity contribution in [2.75, 3.05) is 5.32 Å². The van der Waals surface area contributed by atoms with Gasteiger partial charge in [0.2, 0.25) is 0 Å². The fraction of sp³-hybridized carbons (Fsp3) is 0.417. The van der Waals surface area contributed by atoms with Crippen LogP contribution in [0.3, 0.4) is 0 Å². The number of aromatic carboxylic acids is 1. The van der Waals surface area contributed by atoms with Crippen molar-refractivity contribution in [1.82, 2.24) is 0 Å². The molecule has 3 nitrogen and oxygen atoms in total. The highest BCUT2D eigenvalue weighted by atomic mass is 35.5. The first-order chi connectivity index (χ1) is 7.50. The van der Waals surface area contributed by atoms with Crippen LogP contribution in [0, 0.1) is 0 Å². The molecule has 0 radical (unpaired) electrons. The Morgan fingerprint density at radius 3 is 2.62 bits per heavy atom. The van der Waals surface area contributed by atoms with Crippen molar-refractivity contribution in [3.05, 3.63) is 28.8 Å². The van der Waals surface area contributed by atoms with Crippen molar-refractivity contribution >= 4 is 23.3 Å². The van der Waals surface area contributed by atoms with Gasteiger partial charge in [-0.05, 0) is 44.4 Å². The minimum atomic E-state index is -0.994. The van der Waals surface area contributed by atoms with Crippen molar-refractivity contribution in [1.29, 1.82) is 0 Å². The molecule has 0 heterocycles. The smallest absolute Gasteiger partial charge is 0.337 e. The zero-order valence-corrected chi connectivity index (χ0v) is 9.84. The van der Waals surface area contributed by atoms with Gasteiger partial charge in [0.1, 0.15) is 0 Å². The molecule has 1 aromatic rings. The molecule has 1 fully saturated rings. The molecule has 1 aromatic carbocycles. The van der Waals surface area contributed by atoms with Crippen LogP contribution in [0.5, 0.6) is 0 Å². The van der Waals surface area contributed by atoms with E-state index in [9.17, 15) is 4.79 Å². The number of benzene rings is 1. The lowest BCUT2D eigenvalue weighted by Gasteiger charge is -2.40. The summed E-state index contributed by atoms with van der Waals surface area (Å²) in [5.74, 6) is -0.994. The Morgan fingerprint density at radius 1 is 1.50 bits per heavy atom. The number of nitrogens with one attached hydrogen (secondary N) is 1. The lowest BCUT2D eigenvalue weighted by molar-refractivity contribution is 0.0697. The molecule has 16 heavy (non-hydrogen) atoms. The van der Waals surface area contributed by atoms with Gasteiger partial charge >= 0.3 is 5.97 Å². The number of anilines is 1. The Labute approximate surface area is 99.4 Å². The van der Waals surface area contributed by atoms with Crippen LogP contribution < -0.4 is 5.32 Å². The second-order valence-electron chi connectivity index (χ2n) is 4.54. The molecule has 0 atom stereocenters. The van der Waals surface area contributed by atoms with E-state index in [1.54, 1.807) is 12.1 Å². The average Bonchev–Trinajstić information content (AvgIpc) is 2.14. The maximum Gasteiger partial charge on any atom is 0.337 e. The SMILES string of the molecule is CC1(Nc2ccc(C(=O)O)c(Cl)c2)CCC1. The summed E-state index contributed by atoms with van der Waals surface area (Å²) >= 11 is 5.89. The topological polar surface area (TPSA) is 49.3 Å². The number of hydrogen-bond donors (Lipinski definition) is 2. The molecule has 86 valence electrons. The second kappa shape index (κ2) is 3.98.